The molecule has 2 N–H and O–H groups in total. The molecule has 1 aromatic carbocycles. The highest BCUT2D eigenvalue weighted by atomic mass is 32.2. The van der Waals surface area contributed by atoms with Crippen LogP contribution in [0.1, 0.15) is 11.3 Å². The Morgan fingerprint density at radius 1 is 1.15 bits per heavy atom. The predicted octanol–water partition coefficient (Wildman–Crippen LogP) is 2.24. The van der Waals surface area contributed by atoms with Crippen LogP contribution in [0.15, 0.2) is 17.0 Å². The first-order chi connectivity index (χ1) is 9.24. The Hall–Kier alpha value is -2.03. The Morgan fingerprint density at radius 3 is 2.35 bits per heavy atom. The molecule has 0 aliphatic heterocycles. The number of aromatic nitrogens is 2. The van der Waals surface area contributed by atoms with Gasteiger partial charge in [0.05, 0.1) is 0 Å². The van der Waals surface area contributed by atoms with Gasteiger partial charge in [0, 0.05) is 11.3 Å². The van der Waals surface area contributed by atoms with Gasteiger partial charge in [0.1, 0.15) is 4.90 Å². The standard InChI is InChI=1S/C11H10F3N3O2S/c1-5-6(2)15-16-11(5)17-20(18,19)8-4-3-7(12)9(13)10(8)14/h3-4H,1-2H3,(H2,15,16,17). The van der Waals surface area contributed by atoms with Crippen LogP contribution in [0, 0.1) is 31.3 Å². The van der Waals surface area contributed by atoms with E-state index < -0.39 is 32.4 Å². The molecule has 1 heterocycles. The van der Waals surface area contributed by atoms with Gasteiger partial charge >= 0.3 is 0 Å². The van der Waals surface area contributed by atoms with Crippen LogP contribution < -0.4 is 4.72 Å². The van der Waals surface area contributed by atoms with Crippen LogP contribution in [-0.4, -0.2) is 18.6 Å². The lowest BCUT2D eigenvalue weighted by molar-refractivity contribution is 0.432. The summed E-state index contributed by atoms with van der Waals surface area (Å²) in [5.41, 5.74) is 1.13. The highest BCUT2D eigenvalue weighted by Crippen LogP contribution is 2.23. The number of benzene rings is 1. The Bertz CT molecular complexity index is 771. The van der Waals surface area contributed by atoms with Crippen LogP contribution in [-0.2, 0) is 10.0 Å². The molecular formula is C11H10F3N3O2S. The molecule has 2 rings (SSSR count). The molecule has 0 radical (unpaired) electrons. The highest BCUT2D eigenvalue weighted by Gasteiger charge is 2.25. The lowest BCUT2D eigenvalue weighted by Gasteiger charge is -2.08. The smallest absolute Gasteiger partial charge is 0.266 e. The quantitative estimate of drug-likeness (QED) is 0.854. The van der Waals surface area contributed by atoms with E-state index in [9.17, 15) is 21.6 Å². The van der Waals surface area contributed by atoms with Crippen molar-refractivity contribution >= 4 is 15.8 Å². The van der Waals surface area contributed by atoms with Gasteiger partial charge in [-0.15, -0.1) is 0 Å². The van der Waals surface area contributed by atoms with Gasteiger partial charge in [0.25, 0.3) is 10.0 Å². The van der Waals surface area contributed by atoms with Crippen LogP contribution in [0.4, 0.5) is 19.0 Å². The van der Waals surface area contributed by atoms with Crippen LogP contribution >= 0.6 is 0 Å². The van der Waals surface area contributed by atoms with Crippen molar-refractivity contribution < 1.29 is 21.6 Å². The van der Waals surface area contributed by atoms with E-state index in [0.29, 0.717) is 23.4 Å². The number of hydrogen-bond donors (Lipinski definition) is 2. The molecule has 0 atom stereocenters. The van der Waals surface area contributed by atoms with Crippen molar-refractivity contribution in [3.8, 4) is 0 Å². The van der Waals surface area contributed by atoms with Gasteiger partial charge in [0.2, 0.25) is 0 Å². The summed E-state index contributed by atoms with van der Waals surface area (Å²) in [7, 11) is -4.41. The van der Waals surface area contributed by atoms with Crippen molar-refractivity contribution in [3.63, 3.8) is 0 Å². The van der Waals surface area contributed by atoms with Crippen molar-refractivity contribution in [1.82, 2.24) is 10.2 Å². The number of aryl methyl sites for hydroxylation is 1. The molecule has 0 unspecified atom stereocenters. The second-order valence-corrected chi connectivity index (χ2v) is 5.75. The maximum Gasteiger partial charge on any atom is 0.266 e. The van der Waals surface area contributed by atoms with Gasteiger partial charge < -0.3 is 0 Å². The molecule has 9 heteroatoms. The van der Waals surface area contributed by atoms with Crippen LogP contribution in [0.2, 0.25) is 0 Å². The first-order valence-corrected chi connectivity index (χ1v) is 6.90. The van der Waals surface area contributed by atoms with E-state index in [2.05, 4.69) is 10.2 Å². The predicted molar refractivity (Wildman–Crippen MR) is 65.2 cm³/mol. The lowest BCUT2D eigenvalue weighted by atomic mass is 10.3. The third-order valence-electron chi connectivity index (χ3n) is 2.77. The lowest BCUT2D eigenvalue weighted by Crippen LogP contribution is -2.16. The Morgan fingerprint density at radius 2 is 1.80 bits per heavy atom. The number of nitrogens with zero attached hydrogens (tertiary/aromatic N) is 1. The van der Waals surface area contributed by atoms with E-state index in [1.807, 2.05) is 4.72 Å². The zero-order chi connectivity index (χ0) is 15.1. The second kappa shape index (κ2) is 4.82. The average Bonchev–Trinajstić information content (AvgIpc) is 2.67. The average molecular weight is 305 g/mol. The number of halogens is 3. The van der Waals surface area contributed by atoms with Crippen LogP contribution in [0.3, 0.4) is 0 Å². The molecule has 0 spiro atoms. The van der Waals surface area contributed by atoms with Crippen molar-refractivity contribution in [2.24, 2.45) is 0 Å². The highest BCUT2D eigenvalue weighted by molar-refractivity contribution is 7.92. The van der Waals surface area contributed by atoms with Gasteiger partial charge in [0.15, 0.2) is 23.3 Å². The monoisotopic (exact) mass is 305 g/mol. The third-order valence-corrected chi connectivity index (χ3v) is 4.13. The van der Waals surface area contributed by atoms with Crippen molar-refractivity contribution in [2.75, 3.05) is 4.72 Å². The topological polar surface area (TPSA) is 74.8 Å². The van der Waals surface area contributed by atoms with Gasteiger partial charge in [-0.3, -0.25) is 9.82 Å². The summed E-state index contributed by atoms with van der Waals surface area (Å²) in [6.45, 7) is 3.26. The minimum Gasteiger partial charge on any atom is -0.280 e. The van der Waals surface area contributed by atoms with Crippen molar-refractivity contribution in [3.05, 3.63) is 40.8 Å². The summed E-state index contributed by atoms with van der Waals surface area (Å²) in [5, 5.41) is 6.23. The number of nitrogens with one attached hydrogen (secondary N) is 2. The Balaban J connectivity index is 2.46. The molecule has 0 aliphatic carbocycles. The zero-order valence-corrected chi connectivity index (χ0v) is 11.3. The first-order valence-electron chi connectivity index (χ1n) is 5.42. The van der Waals surface area contributed by atoms with Crippen LogP contribution in [0.25, 0.3) is 0 Å². The number of anilines is 1. The summed E-state index contributed by atoms with van der Waals surface area (Å²) in [5.74, 6) is -5.12. The fraction of sp³-hybridized carbons (Fsp3) is 0.182. The van der Waals surface area contributed by atoms with Gasteiger partial charge in [-0.05, 0) is 26.0 Å². The number of H-pyrrole nitrogens is 1. The van der Waals surface area contributed by atoms with E-state index in [-0.39, 0.29) is 5.82 Å². The number of hydrogen-bond acceptors (Lipinski definition) is 3. The van der Waals surface area contributed by atoms with Crippen molar-refractivity contribution in [2.45, 2.75) is 18.7 Å². The van der Waals surface area contributed by atoms with Gasteiger partial charge in [-0.25, -0.2) is 21.6 Å². The second-order valence-electron chi connectivity index (χ2n) is 4.10. The van der Waals surface area contributed by atoms with E-state index in [0.717, 1.165) is 0 Å². The molecule has 108 valence electrons. The molecule has 20 heavy (non-hydrogen) atoms. The third kappa shape index (κ3) is 2.36. The summed E-state index contributed by atoms with van der Waals surface area (Å²) in [4.78, 5) is -0.989. The molecule has 0 bridgehead atoms. The largest absolute Gasteiger partial charge is 0.280 e. The van der Waals surface area contributed by atoms with Crippen LogP contribution in [0.5, 0.6) is 0 Å². The fourth-order valence-corrected chi connectivity index (χ4v) is 2.62. The van der Waals surface area contributed by atoms with E-state index >= 15 is 0 Å². The minimum atomic E-state index is -4.41. The molecule has 0 amide bonds. The molecule has 0 saturated carbocycles. The Kier molecular flexibility index (Phi) is 3.46. The minimum absolute atomic E-state index is 0.0355. The van der Waals surface area contributed by atoms with Gasteiger partial charge in [-0.1, -0.05) is 0 Å². The maximum atomic E-state index is 13.5. The number of sulfonamides is 1. The number of rotatable bonds is 3. The number of aromatic amines is 1. The SMILES string of the molecule is Cc1[nH]nc(NS(=O)(=O)c2ccc(F)c(F)c2F)c1C. The molecule has 1 aromatic heterocycles. The van der Waals surface area contributed by atoms with E-state index in [1.165, 1.54) is 0 Å². The first kappa shape index (κ1) is 14.4. The molecule has 0 fully saturated rings. The summed E-state index contributed by atoms with van der Waals surface area (Å²) in [6, 6.07) is 1.18. The van der Waals surface area contributed by atoms with Gasteiger partial charge in [-0.2, -0.15) is 5.10 Å². The van der Waals surface area contributed by atoms with Crippen molar-refractivity contribution in [1.29, 1.82) is 0 Å². The summed E-state index contributed by atoms with van der Waals surface area (Å²) < 4.78 is 65.3. The summed E-state index contributed by atoms with van der Waals surface area (Å²) in [6.07, 6.45) is 0. The molecule has 2 aromatic rings. The Labute approximate surface area is 112 Å². The molecule has 0 aliphatic rings. The van der Waals surface area contributed by atoms with E-state index in [1.54, 1.807) is 13.8 Å². The maximum absolute atomic E-state index is 13.5. The molecular weight excluding hydrogens is 295 g/mol. The summed E-state index contributed by atoms with van der Waals surface area (Å²) >= 11 is 0. The normalized spacial score (nSPS) is 11.7. The zero-order valence-electron chi connectivity index (χ0n) is 10.5. The fourth-order valence-electron chi connectivity index (χ4n) is 1.48. The molecule has 5 nitrogen and oxygen atoms in total. The van der Waals surface area contributed by atoms with E-state index in [4.69, 9.17) is 0 Å². The molecule has 0 saturated heterocycles.